The summed E-state index contributed by atoms with van der Waals surface area (Å²) in [6.45, 7) is 2.89. The van der Waals surface area contributed by atoms with E-state index in [9.17, 15) is 4.79 Å². The highest BCUT2D eigenvalue weighted by molar-refractivity contribution is 5.88. The molecular formula is C23H26N4O. The zero-order valence-corrected chi connectivity index (χ0v) is 16.2. The Morgan fingerprint density at radius 2 is 2.07 bits per heavy atom. The van der Waals surface area contributed by atoms with E-state index in [1.165, 1.54) is 29.9 Å². The molecule has 1 saturated heterocycles. The molecule has 0 spiro atoms. The van der Waals surface area contributed by atoms with Crippen molar-refractivity contribution in [1.82, 2.24) is 19.9 Å². The molecule has 3 aromatic rings. The fraction of sp³-hybridized carbons (Fsp3) is 0.435. The van der Waals surface area contributed by atoms with Gasteiger partial charge < -0.3 is 9.88 Å². The van der Waals surface area contributed by atoms with Gasteiger partial charge in [0.2, 0.25) is 0 Å². The van der Waals surface area contributed by atoms with Crippen molar-refractivity contribution >= 4 is 16.6 Å². The average Bonchev–Trinajstić information content (AvgIpc) is 3.18. The smallest absolute Gasteiger partial charge is 0.143 e. The fourth-order valence-corrected chi connectivity index (χ4v) is 4.54. The first-order chi connectivity index (χ1) is 13.8. The van der Waals surface area contributed by atoms with Crippen molar-refractivity contribution in [3.63, 3.8) is 0 Å². The molecule has 1 fully saturated rings. The molecule has 0 unspecified atom stereocenters. The lowest BCUT2D eigenvalue weighted by molar-refractivity contribution is -0.122. The Labute approximate surface area is 165 Å². The summed E-state index contributed by atoms with van der Waals surface area (Å²) >= 11 is 0. The summed E-state index contributed by atoms with van der Waals surface area (Å²) in [5.41, 5.74) is 3.25. The largest absolute Gasteiger partial charge is 0.328 e. The number of benzene rings is 1. The summed E-state index contributed by atoms with van der Waals surface area (Å²) in [5, 5.41) is 5.58. The second-order valence-corrected chi connectivity index (χ2v) is 8.09. The molecule has 1 atom stereocenters. The lowest BCUT2D eigenvalue weighted by Crippen LogP contribution is -2.35. The number of aromatic nitrogens is 3. The van der Waals surface area contributed by atoms with E-state index in [1.54, 1.807) is 0 Å². The number of Topliss-reactive ketones (excluding diaryl/α,β-unsaturated/α-hetero) is 1. The van der Waals surface area contributed by atoms with Gasteiger partial charge in [-0.3, -0.25) is 9.78 Å². The SMILES string of the molecule is O=C(Cc1cc2cc(-c3cnc4n3CCCC4)ccc2cn1)[C@@H]1CCCNC1. The lowest BCUT2D eigenvalue weighted by Gasteiger charge is -2.21. The number of ketones is 1. The van der Waals surface area contributed by atoms with Gasteiger partial charge in [-0.25, -0.2) is 4.98 Å². The van der Waals surface area contributed by atoms with E-state index in [2.05, 4.69) is 44.1 Å². The Bertz CT molecular complexity index is 1020. The van der Waals surface area contributed by atoms with Crippen LogP contribution in [0.25, 0.3) is 22.0 Å². The maximum absolute atomic E-state index is 12.6. The third kappa shape index (κ3) is 3.35. The molecule has 2 aromatic heterocycles. The van der Waals surface area contributed by atoms with Crippen LogP contribution in [0.2, 0.25) is 0 Å². The van der Waals surface area contributed by atoms with Crippen LogP contribution in [0.1, 0.15) is 37.2 Å². The summed E-state index contributed by atoms with van der Waals surface area (Å²) in [4.78, 5) is 21.8. The second-order valence-electron chi connectivity index (χ2n) is 8.09. The molecule has 0 bridgehead atoms. The van der Waals surface area contributed by atoms with Crippen molar-refractivity contribution < 1.29 is 4.79 Å². The Balaban J connectivity index is 1.43. The number of nitrogens with zero attached hydrogens (tertiary/aromatic N) is 3. The first kappa shape index (κ1) is 17.6. The molecule has 28 heavy (non-hydrogen) atoms. The molecule has 4 heterocycles. The van der Waals surface area contributed by atoms with E-state index in [4.69, 9.17) is 0 Å². The average molecular weight is 374 g/mol. The molecular weight excluding hydrogens is 348 g/mol. The Hall–Kier alpha value is -2.53. The molecule has 1 aromatic carbocycles. The summed E-state index contributed by atoms with van der Waals surface area (Å²) in [7, 11) is 0. The zero-order valence-electron chi connectivity index (χ0n) is 16.2. The van der Waals surface area contributed by atoms with Crippen molar-refractivity contribution in [3.8, 4) is 11.3 Å². The molecule has 144 valence electrons. The highest BCUT2D eigenvalue weighted by Crippen LogP contribution is 2.28. The van der Waals surface area contributed by atoms with Crippen molar-refractivity contribution in [2.75, 3.05) is 13.1 Å². The first-order valence-electron chi connectivity index (χ1n) is 10.4. The van der Waals surface area contributed by atoms with Gasteiger partial charge in [-0.2, -0.15) is 0 Å². The highest BCUT2D eigenvalue weighted by atomic mass is 16.1. The van der Waals surface area contributed by atoms with E-state index >= 15 is 0 Å². The monoisotopic (exact) mass is 374 g/mol. The first-order valence-corrected chi connectivity index (χ1v) is 10.4. The number of nitrogens with one attached hydrogen (secondary N) is 1. The summed E-state index contributed by atoms with van der Waals surface area (Å²) in [5.74, 6) is 1.64. The van der Waals surface area contributed by atoms with Gasteiger partial charge in [-0.1, -0.05) is 12.1 Å². The normalized spacial score (nSPS) is 19.5. The van der Waals surface area contributed by atoms with Gasteiger partial charge in [0.15, 0.2) is 0 Å². The van der Waals surface area contributed by atoms with Crippen LogP contribution in [0.5, 0.6) is 0 Å². The molecule has 1 N–H and O–H groups in total. The number of pyridine rings is 1. The van der Waals surface area contributed by atoms with Gasteiger partial charge in [0.05, 0.1) is 11.9 Å². The molecule has 5 nitrogen and oxygen atoms in total. The standard InChI is InChI=1S/C23H26N4O/c28-22(18-4-3-8-24-13-18)12-20-11-19-10-16(6-7-17(19)14-25-20)21-15-26-23-5-1-2-9-27(21)23/h6-7,10-11,14-15,18,24H,1-5,8-9,12-13H2/t18-/m1/s1. The van der Waals surface area contributed by atoms with E-state index in [-0.39, 0.29) is 5.92 Å². The van der Waals surface area contributed by atoms with Crippen LogP contribution in [0.4, 0.5) is 0 Å². The van der Waals surface area contributed by atoms with Gasteiger partial charge >= 0.3 is 0 Å². The molecule has 5 rings (SSSR count). The third-order valence-corrected chi connectivity index (χ3v) is 6.15. The van der Waals surface area contributed by atoms with E-state index in [1.807, 2.05) is 12.4 Å². The van der Waals surface area contributed by atoms with Crippen LogP contribution < -0.4 is 5.32 Å². The number of imidazole rings is 1. The molecule has 5 heteroatoms. The maximum Gasteiger partial charge on any atom is 0.143 e. The van der Waals surface area contributed by atoms with E-state index in [0.29, 0.717) is 12.2 Å². The minimum atomic E-state index is 0.135. The van der Waals surface area contributed by atoms with Crippen LogP contribution in [0, 0.1) is 5.92 Å². The van der Waals surface area contributed by atoms with Crippen LogP contribution in [0.3, 0.4) is 0 Å². The predicted molar refractivity (Wildman–Crippen MR) is 110 cm³/mol. The minimum Gasteiger partial charge on any atom is -0.328 e. The maximum atomic E-state index is 12.6. The Morgan fingerprint density at radius 3 is 2.96 bits per heavy atom. The van der Waals surface area contributed by atoms with Crippen LogP contribution >= 0.6 is 0 Å². The van der Waals surface area contributed by atoms with Gasteiger partial charge in [0, 0.05) is 54.7 Å². The van der Waals surface area contributed by atoms with Gasteiger partial charge in [-0.05, 0) is 49.7 Å². The third-order valence-electron chi connectivity index (χ3n) is 6.15. The van der Waals surface area contributed by atoms with Crippen molar-refractivity contribution in [1.29, 1.82) is 0 Å². The van der Waals surface area contributed by atoms with Crippen molar-refractivity contribution in [2.24, 2.45) is 5.92 Å². The molecule has 0 radical (unpaired) electrons. The summed E-state index contributed by atoms with van der Waals surface area (Å²) in [6, 6.07) is 8.57. The van der Waals surface area contributed by atoms with Crippen LogP contribution in [-0.4, -0.2) is 33.4 Å². The topological polar surface area (TPSA) is 59.8 Å². The Kier molecular flexibility index (Phi) is 4.69. The van der Waals surface area contributed by atoms with Gasteiger partial charge in [-0.15, -0.1) is 0 Å². The number of piperidine rings is 1. The number of hydrogen-bond acceptors (Lipinski definition) is 4. The number of hydrogen-bond donors (Lipinski definition) is 1. The molecule has 0 saturated carbocycles. The van der Waals surface area contributed by atoms with Gasteiger partial charge in [0.25, 0.3) is 0 Å². The Morgan fingerprint density at radius 1 is 1.11 bits per heavy atom. The summed E-state index contributed by atoms with van der Waals surface area (Å²) < 4.78 is 2.35. The number of carbonyl (C=O) groups is 1. The van der Waals surface area contributed by atoms with Crippen molar-refractivity contribution in [3.05, 3.63) is 48.2 Å². The number of rotatable bonds is 4. The predicted octanol–water partition coefficient (Wildman–Crippen LogP) is 3.55. The minimum absolute atomic E-state index is 0.135. The molecule has 0 aliphatic carbocycles. The van der Waals surface area contributed by atoms with Crippen LogP contribution in [0.15, 0.2) is 36.7 Å². The van der Waals surface area contributed by atoms with Crippen molar-refractivity contribution in [2.45, 2.75) is 45.1 Å². The van der Waals surface area contributed by atoms with Crippen LogP contribution in [-0.2, 0) is 24.2 Å². The van der Waals surface area contributed by atoms with E-state index in [0.717, 1.165) is 55.4 Å². The second kappa shape index (κ2) is 7.47. The molecule has 2 aliphatic rings. The zero-order chi connectivity index (χ0) is 18.9. The fourth-order valence-electron chi connectivity index (χ4n) is 4.54. The number of aryl methyl sites for hydroxylation is 1. The number of fused-ring (bicyclic) bond motifs is 2. The van der Waals surface area contributed by atoms with E-state index < -0.39 is 0 Å². The lowest BCUT2D eigenvalue weighted by atomic mass is 9.92. The van der Waals surface area contributed by atoms with Gasteiger partial charge in [0.1, 0.15) is 11.6 Å². The molecule has 0 amide bonds. The number of carbonyl (C=O) groups excluding carboxylic acids is 1. The summed E-state index contributed by atoms with van der Waals surface area (Å²) in [6.07, 6.45) is 9.92. The molecule has 2 aliphatic heterocycles. The highest BCUT2D eigenvalue weighted by Gasteiger charge is 2.21. The quantitative estimate of drug-likeness (QED) is 0.759.